The highest BCUT2D eigenvalue weighted by atomic mass is 35.5. The maximum absolute atomic E-state index is 12.8. The van der Waals surface area contributed by atoms with Crippen molar-refractivity contribution in [1.29, 1.82) is 0 Å². The van der Waals surface area contributed by atoms with E-state index in [1.54, 1.807) is 0 Å². The van der Waals surface area contributed by atoms with Crippen LogP contribution in [-0.4, -0.2) is 63.2 Å². The van der Waals surface area contributed by atoms with Crippen LogP contribution in [0.5, 0.6) is 0 Å². The topological polar surface area (TPSA) is 106 Å². The number of alkyl halides is 3. The Hall–Kier alpha value is -1.59. The zero-order chi connectivity index (χ0) is 21.7. The van der Waals surface area contributed by atoms with Crippen LogP contribution in [0.4, 0.5) is 19.2 Å². The van der Waals surface area contributed by atoms with Crippen molar-refractivity contribution in [2.75, 3.05) is 18.0 Å². The third-order valence-electron chi connectivity index (χ3n) is 6.51. The van der Waals surface area contributed by atoms with Gasteiger partial charge in [0.25, 0.3) is 5.82 Å². The molecule has 3 N–H and O–H groups in total. The summed E-state index contributed by atoms with van der Waals surface area (Å²) in [6, 6.07) is 0.621. The highest BCUT2D eigenvalue weighted by molar-refractivity contribution is 5.85. The Morgan fingerprint density at radius 2 is 1.59 bits per heavy atom. The van der Waals surface area contributed by atoms with Gasteiger partial charge in [-0.2, -0.15) is 18.2 Å². The second kappa shape index (κ2) is 9.72. The average Bonchev–Trinajstić information content (AvgIpc) is 3.22. The number of likely N-dealkylation sites (tertiary alicyclic amines) is 1. The fourth-order valence-electron chi connectivity index (χ4n) is 5.19. The molecule has 2 bridgehead atoms. The molecule has 0 radical (unpaired) electrons. The quantitative estimate of drug-likeness (QED) is 0.708. The van der Waals surface area contributed by atoms with Gasteiger partial charge in [-0.05, 0) is 77.5 Å². The number of anilines is 1. The number of carbonyl (C=O) groups is 1. The Balaban J connectivity index is 0.00000181. The van der Waals surface area contributed by atoms with Crippen molar-refractivity contribution in [3.8, 4) is 0 Å². The number of carbonyl (C=O) groups excluding carboxylic acids is 1. The lowest BCUT2D eigenvalue weighted by Gasteiger charge is -2.44. The third kappa shape index (κ3) is 5.66. The molecule has 8 nitrogen and oxygen atoms in total. The van der Waals surface area contributed by atoms with E-state index < -0.39 is 12.0 Å². The molecular formula is C20H33ClF3N5O3. The van der Waals surface area contributed by atoms with Crippen LogP contribution in [0.25, 0.3) is 0 Å². The van der Waals surface area contributed by atoms with Crippen LogP contribution in [0.15, 0.2) is 4.52 Å². The number of rotatable bonds is 3. The van der Waals surface area contributed by atoms with E-state index in [1.165, 1.54) is 0 Å². The standard InChI is InChI=1S/C20H30F3N5O2.ClH.H2O/c1-19(2,3)25-16(29)12-6-8-27(9-7-12)15-10-13-4-5-14(11-15)28(13)18-24-17(26-30-18)20(21,22)23;;/h12-15H,4-11H2,1-3H3,(H,25,29);1H;1H2/t13-,14+,15?;;. The van der Waals surface area contributed by atoms with E-state index >= 15 is 0 Å². The Labute approximate surface area is 192 Å². The fourth-order valence-corrected chi connectivity index (χ4v) is 5.19. The minimum atomic E-state index is -4.59. The third-order valence-corrected chi connectivity index (χ3v) is 6.51. The van der Waals surface area contributed by atoms with Crippen LogP contribution in [0, 0.1) is 5.92 Å². The summed E-state index contributed by atoms with van der Waals surface area (Å²) in [6.07, 6.45) is 0.692. The van der Waals surface area contributed by atoms with Crippen molar-refractivity contribution in [1.82, 2.24) is 20.4 Å². The van der Waals surface area contributed by atoms with E-state index in [0.717, 1.165) is 51.6 Å². The lowest BCUT2D eigenvalue weighted by atomic mass is 9.90. The first kappa shape index (κ1) is 26.7. The second-order valence-corrected chi connectivity index (χ2v) is 9.87. The van der Waals surface area contributed by atoms with Crippen LogP contribution in [0.1, 0.15) is 65.1 Å². The van der Waals surface area contributed by atoms with Gasteiger partial charge in [0, 0.05) is 29.6 Å². The minimum absolute atomic E-state index is 0. The molecule has 0 aromatic carbocycles. The molecule has 0 saturated carbocycles. The molecule has 4 rings (SSSR count). The summed E-state index contributed by atoms with van der Waals surface area (Å²) in [6.45, 7) is 7.73. The van der Waals surface area contributed by atoms with Gasteiger partial charge in [-0.25, -0.2) is 0 Å². The molecule has 32 heavy (non-hydrogen) atoms. The van der Waals surface area contributed by atoms with Gasteiger partial charge in [0.1, 0.15) is 0 Å². The van der Waals surface area contributed by atoms with E-state index in [-0.39, 0.29) is 53.3 Å². The smallest absolute Gasteiger partial charge is 0.412 e. The predicted molar refractivity (Wildman–Crippen MR) is 115 cm³/mol. The molecule has 184 valence electrons. The summed E-state index contributed by atoms with van der Waals surface area (Å²) >= 11 is 0. The molecule has 12 heteroatoms. The van der Waals surface area contributed by atoms with Crippen molar-refractivity contribution in [2.45, 2.75) is 89.1 Å². The van der Waals surface area contributed by atoms with Gasteiger partial charge in [-0.1, -0.05) is 0 Å². The first-order valence-corrected chi connectivity index (χ1v) is 10.8. The highest BCUT2D eigenvalue weighted by Gasteiger charge is 2.46. The van der Waals surface area contributed by atoms with Crippen molar-refractivity contribution in [3.63, 3.8) is 0 Å². The highest BCUT2D eigenvalue weighted by Crippen LogP contribution is 2.41. The number of nitrogens with one attached hydrogen (secondary N) is 1. The number of hydrogen-bond donors (Lipinski definition) is 1. The van der Waals surface area contributed by atoms with E-state index in [9.17, 15) is 18.0 Å². The van der Waals surface area contributed by atoms with Crippen molar-refractivity contribution >= 4 is 24.3 Å². The molecule has 3 saturated heterocycles. The number of piperidine rings is 2. The molecule has 0 aliphatic carbocycles. The fraction of sp³-hybridized carbons (Fsp3) is 0.850. The molecule has 1 aromatic rings. The van der Waals surface area contributed by atoms with Gasteiger partial charge >= 0.3 is 12.2 Å². The van der Waals surface area contributed by atoms with Crippen molar-refractivity contribution < 1.29 is 28.0 Å². The zero-order valence-electron chi connectivity index (χ0n) is 18.6. The largest absolute Gasteiger partial charge is 0.455 e. The Morgan fingerprint density at radius 3 is 2.06 bits per heavy atom. The molecule has 1 amide bonds. The number of aromatic nitrogens is 2. The monoisotopic (exact) mass is 483 g/mol. The Bertz CT molecular complexity index is 763. The Morgan fingerprint density at radius 1 is 1.03 bits per heavy atom. The molecule has 3 aliphatic heterocycles. The summed E-state index contributed by atoms with van der Waals surface area (Å²) in [4.78, 5) is 20.4. The molecule has 1 unspecified atom stereocenters. The molecule has 0 spiro atoms. The van der Waals surface area contributed by atoms with E-state index in [1.807, 2.05) is 25.7 Å². The molecule has 1 aromatic heterocycles. The van der Waals surface area contributed by atoms with Crippen LogP contribution in [0.3, 0.4) is 0 Å². The normalized spacial score (nSPS) is 26.9. The van der Waals surface area contributed by atoms with Crippen molar-refractivity contribution in [2.24, 2.45) is 5.92 Å². The predicted octanol–water partition coefficient (Wildman–Crippen LogP) is 2.81. The summed E-state index contributed by atoms with van der Waals surface area (Å²) in [5, 5.41) is 6.19. The minimum Gasteiger partial charge on any atom is -0.412 e. The van der Waals surface area contributed by atoms with Crippen LogP contribution in [0.2, 0.25) is 0 Å². The van der Waals surface area contributed by atoms with Crippen LogP contribution in [-0.2, 0) is 11.0 Å². The van der Waals surface area contributed by atoms with Gasteiger partial charge in [-0.3, -0.25) is 4.79 Å². The van der Waals surface area contributed by atoms with Gasteiger partial charge in [0.05, 0.1) is 0 Å². The summed E-state index contributed by atoms with van der Waals surface area (Å²) in [7, 11) is 0. The van der Waals surface area contributed by atoms with Gasteiger partial charge in [0.15, 0.2) is 0 Å². The maximum atomic E-state index is 12.8. The molecular weight excluding hydrogens is 451 g/mol. The molecule has 3 fully saturated rings. The van der Waals surface area contributed by atoms with Gasteiger partial charge in [0.2, 0.25) is 5.91 Å². The number of halogens is 4. The summed E-state index contributed by atoms with van der Waals surface area (Å²) in [5.74, 6) is -1.03. The lowest BCUT2D eigenvalue weighted by molar-refractivity contribution is -0.146. The maximum Gasteiger partial charge on any atom is 0.455 e. The SMILES string of the molecule is CC(C)(C)NC(=O)C1CCN(C2C[C@H]3CC[C@@H](C2)N3c2nc(C(F)(F)F)no2)CC1.Cl.O. The zero-order valence-corrected chi connectivity index (χ0v) is 19.4. The van der Waals surface area contributed by atoms with Gasteiger partial charge < -0.3 is 25.1 Å². The van der Waals surface area contributed by atoms with Crippen LogP contribution >= 0.6 is 12.4 Å². The number of nitrogens with zero attached hydrogens (tertiary/aromatic N) is 4. The molecule has 3 atom stereocenters. The molecule has 4 heterocycles. The first-order chi connectivity index (χ1) is 14.0. The Kier molecular flexibility index (Phi) is 8.10. The van der Waals surface area contributed by atoms with E-state index in [0.29, 0.717) is 6.04 Å². The van der Waals surface area contributed by atoms with Crippen LogP contribution < -0.4 is 10.2 Å². The van der Waals surface area contributed by atoms with E-state index in [2.05, 4.69) is 20.4 Å². The summed E-state index contributed by atoms with van der Waals surface area (Å²) < 4.78 is 43.4. The second-order valence-electron chi connectivity index (χ2n) is 9.87. The van der Waals surface area contributed by atoms with E-state index in [4.69, 9.17) is 4.52 Å². The number of hydrogen-bond acceptors (Lipinski definition) is 6. The average molecular weight is 484 g/mol. The van der Waals surface area contributed by atoms with Gasteiger partial charge in [-0.15, -0.1) is 12.4 Å². The molecule has 3 aliphatic rings. The lowest BCUT2D eigenvalue weighted by Crippen LogP contribution is -2.53. The first-order valence-electron chi connectivity index (χ1n) is 10.8. The van der Waals surface area contributed by atoms with Crippen molar-refractivity contribution in [3.05, 3.63) is 5.82 Å². The number of fused-ring (bicyclic) bond motifs is 2. The number of amides is 1. The summed E-state index contributed by atoms with van der Waals surface area (Å²) in [5.41, 5.74) is -0.221.